The summed E-state index contributed by atoms with van der Waals surface area (Å²) in [6, 6.07) is 9.62. The van der Waals surface area contributed by atoms with Gasteiger partial charge < -0.3 is 19.3 Å². The summed E-state index contributed by atoms with van der Waals surface area (Å²) in [6.07, 6.45) is -1.42. The lowest BCUT2D eigenvalue weighted by Gasteiger charge is -2.14. The lowest BCUT2D eigenvalue weighted by atomic mass is 10.2. The Balaban J connectivity index is 1.61. The summed E-state index contributed by atoms with van der Waals surface area (Å²) in [5.41, 5.74) is 0.805. The van der Waals surface area contributed by atoms with Gasteiger partial charge in [0.1, 0.15) is 24.7 Å². The largest absolute Gasteiger partial charge is 0.490 e. The van der Waals surface area contributed by atoms with Crippen LogP contribution in [0, 0.1) is 6.92 Å². The number of hydrogen-bond donors (Lipinski definition) is 1. The zero-order chi connectivity index (χ0) is 28.2. The third-order valence-electron chi connectivity index (χ3n) is 5.74. The Labute approximate surface area is 221 Å². The first-order valence-electron chi connectivity index (χ1n) is 12.2. The molecule has 4 aromatic rings. The fourth-order valence-corrected chi connectivity index (χ4v) is 3.94. The third kappa shape index (κ3) is 6.60. The van der Waals surface area contributed by atoms with Crippen molar-refractivity contribution < 1.29 is 28.1 Å². The van der Waals surface area contributed by atoms with Crippen molar-refractivity contribution in [2.75, 3.05) is 19.8 Å². The number of nitrogens with zero attached hydrogens (tertiary/aromatic N) is 5. The predicted octanol–water partition coefficient (Wildman–Crippen LogP) is 2.48. The van der Waals surface area contributed by atoms with Crippen LogP contribution in [0.3, 0.4) is 0 Å². The molecule has 3 heterocycles. The minimum atomic E-state index is -3.33. The molecule has 39 heavy (non-hydrogen) atoms. The van der Waals surface area contributed by atoms with Crippen molar-refractivity contribution >= 4 is 11.2 Å². The molecule has 13 heteroatoms. The molecule has 0 aliphatic carbocycles. The van der Waals surface area contributed by atoms with Crippen LogP contribution >= 0.6 is 0 Å². The number of aliphatic hydroxyl groups is 1. The Morgan fingerprint density at radius 3 is 2.49 bits per heavy atom. The normalized spacial score (nSPS) is 11.6. The molecule has 0 radical (unpaired) electrons. The highest BCUT2D eigenvalue weighted by Gasteiger charge is 2.24. The van der Waals surface area contributed by atoms with Gasteiger partial charge in [0.25, 0.3) is 11.6 Å². The van der Waals surface area contributed by atoms with Crippen LogP contribution in [0.15, 0.2) is 52.2 Å². The molecule has 11 nitrogen and oxygen atoms in total. The van der Waals surface area contributed by atoms with Gasteiger partial charge >= 0.3 is 11.8 Å². The molecule has 1 N–H and O–H groups in total. The summed E-state index contributed by atoms with van der Waals surface area (Å²) in [6.45, 7) is 2.59. The van der Waals surface area contributed by atoms with Crippen LogP contribution in [0.2, 0.25) is 0 Å². The smallest absolute Gasteiger partial charge is 0.394 e. The molecule has 0 aliphatic rings. The van der Waals surface area contributed by atoms with Gasteiger partial charge in [-0.05, 0) is 37.1 Å². The van der Waals surface area contributed by atoms with Crippen molar-refractivity contribution in [2.24, 2.45) is 7.05 Å². The van der Waals surface area contributed by atoms with Crippen molar-refractivity contribution in [1.29, 1.82) is 0 Å². The molecule has 0 bridgehead atoms. The predicted molar refractivity (Wildman–Crippen MR) is 138 cm³/mol. The highest BCUT2D eigenvalue weighted by molar-refractivity contribution is 5.72. The highest BCUT2D eigenvalue weighted by Crippen LogP contribution is 2.25. The Morgan fingerprint density at radius 2 is 1.79 bits per heavy atom. The van der Waals surface area contributed by atoms with Crippen LogP contribution in [0.25, 0.3) is 11.2 Å². The maximum atomic E-state index is 13.4. The van der Waals surface area contributed by atoms with Gasteiger partial charge in [-0.25, -0.2) is 4.79 Å². The quantitative estimate of drug-likeness (QED) is 0.270. The van der Waals surface area contributed by atoms with Gasteiger partial charge in [0.05, 0.1) is 6.54 Å². The lowest BCUT2D eigenvalue weighted by Crippen LogP contribution is -2.39. The minimum absolute atomic E-state index is 0.00284. The molecule has 0 spiro atoms. The molecule has 1 aromatic carbocycles. The second-order valence-electron chi connectivity index (χ2n) is 8.92. The van der Waals surface area contributed by atoms with Gasteiger partial charge in [-0.15, -0.1) is 0 Å². The number of pyridine rings is 1. The molecule has 0 amide bonds. The maximum absolute atomic E-state index is 13.4. The Kier molecular flexibility index (Phi) is 8.29. The first kappa shape index (κ1) is 27.8. The molecule has 0 atom stereocenters. The molecule has 208 valence electrons. The third-order valence-corrected chi connectivity index (χ3v) is 5.74. The fraction of sp³-hybridized carbons (Fsp3) is 0.385. The van der Waals surface area contributed by atoms with Crippen LogP contribution < -0.4 is 25.5 Å². The van der Waals surface area contributed by atoms with Crippen molar-refractivity contribution in [2.45, 2.75) is 39.5 Å². The maximum Gasteiger partial charge on any atom is 0.394 e. The molecule has 0 unspecified atom stereocenters. The van der Waals surface area contributed by atoms with Crippen LogP contribution in [0.4, 0.5) is 8.78 Å². The number of alkyl halides is 2. The second kappa shape index (κ2) is 11.6. The molecule has 4 rings (SSSR count). The standard InChI is InChI=1S/C26H29F2N5O6/c1-17-8-9-18(15-29-17)16-33-21-22(31(3)25(36)32(23(21)35)10-5-11-34)30-24(33)38-13-12-37-19-6-4-7-20(14-19)39-26(2,27)28/h4,6-9,14-15,34H,5,10-13,16H2,1-3H3. The van der Waals surface area contributed by atoms with Gasteiger partial charge in [-0.1, -0.05) is 12.1 Å². The summed E-state index contributed by atoms with van der Waals surface area (Å²) in [4.78, 5) is 34.9. The van der Waals surface area contributed by atoms with Gasteiger partial charge in [0.15, 0.2) is 11.2 Å². The second-order valence-corrected chi connectivity index (χ2v) is 8.92. The number of aromatic nitrogens is 5. The number of benzene rings is 1. The summed E-state index contributed by atoms with van der Waals surface area (Å²) in [5.74, 6) is 0.251. The van der Waals surface area contributed by atoms with Gasteiger partial charge in [0.2, 0.25) is 0 Å². The molecule has 3 aromatic heterocycles. The molecule has 0 saturated heterocycles. The van der Waals surface area contributed by atoms with Crippen molar-refractivity contribution in [3.05, 3.63) is 74.7 Å². The molecule has 0 aliphatic heterocycles. The van der Waals surface area contributed by atoms with E-state index in [4.69, 9.17) is 9.47 Å². The van der Waals surface area contributed by atoms with E-state index in [1.165, 1.54) is 29.8 Å². The summed E-state index contributed by atoms with van der Waals surface area (Å²) in [7, 11) is 1.51. The molecule has 0 saturated carbocycles. The van der Waals surface area contributed by atoms with Crippen molar-refractivity contribution in [1.82, 2.24) is 23.7 Å². The molecular weight excluding hydrogens is 516 g/mol. The Bertz CT molecular complexity index is 1560. The first-order chi connectivity index (χ1) is 18.6. The Hall–Kier alpha value is -4.26. The zero-order valence-corrected chi connectivity index (χ0v) is 21.8. The van der Waals surface area contributed by atoms with E-state index >= 15 is 0 Å². The van der Waals surface area contributed by atoms with Gasteiger partial charge in [-0.2, -0.15) is 13.8 Å². The SMILES string of the molecule is Cc1ccc(Cn2c(OCCOc3cccc(OC(C)(F)F)c3)nc3c2c(=O)n(CCCO)c(=O)n3C)cn1. The number of imidazole rings is 1. The fourth-order valence-electron chi connectivity index (χ4n) is 3.94. The van der Waals surface area contributed by atoms with E-state index in [0.29, 0.717) is 12.7 Å². The number of ether oxygens (including phenoxy) is 3. The van der Waals surface area contributed by atoms with E-state index in [0.717, 1.165) is 15.8 Å². The number of fused-ring (bicyclic) bond motifs is 1. The highest BCUT2D eigenvalue weighted by atomic mass is 19.3. The topological polar surface area (TPSA) is 123 Å². The van der Waals surface area contributed by atoms with Crippen molar-refractivity contribution in [3.8, 4) is 17.5 Å². The lowest BCUT2D eigenvalue weighted by molar-refractivity contribution is -0.159. The van der Waals surface area contributed by atoms with E-state index in [9.17, 15) is 23.5 Å². The van der Waals surface area contributed by atoms with E-state index < -0.39 is 17.4 Å². The van der Waals surface area contributed by atoms with Gasteiger partial charge in [-0.3, -0.25) is 23.5 Å². The van der Waals surface area contributed by atoms with E-state index in [1.807, 2.05) is 19.1 Å². The average molecular weight is 546 g/mol. The van der Waals surface area contributed by atoms with E-state index in [1.54, 1.807) is 16.8 Å². The number of rotatable bonds is 12. The summed E-state index contributed by atoms with van der Waals surface area (Å²) < 4.78 is 46.2. The molecular formula is C26H29F2N5O6. The van der Waals surface area contributed by atoms with Crippen molar-refractivity contribution in [3.63, 3.8) is 0 Å². The number of halogens is 2. The summed E-state index contributed by atoms with van der Waals surface area (Å²) >= 11 is 0. The minimum Gasteiger partial charge on any atom is -0.490 e. The number of aliphatic hydroxyl groups excluding tert-OH is 1. The van der Waals surface area contributed by atoms with Crippen LogP contribution in [0.1, 0.15) is 24.6 Å². The average Bonchev–Trinajstić information content (AvgIpc) is 3.24. The van der Waals surface area contributed by atoms with E-state index in [2.05, 4.69) is 14.7 Å². The monoisotopic (exact) mass is 545 g/mol. The van der Waals surface area contributed by atoms with Crippen LogP contribution in [-0.4, -0.2) is 54.7 Å². The Morgan fingerprint density at radius 1 is 1.05 bits per heavy atom. The number of hydrogen-bond acceptors (Lipinski definition) is 8. The van der Waals surface area contributed by atoms with Crippen LogP contribution in [0.5, 0.6) is 17.5 Å². The van der Waals surface area contributed by atoms with E-state index in [-0.39, 0.29) is 62.3 Å². The van der Waals surface area contributed by atoms with Crippen LogP contribution in [-0.2, 0) is 20.1 Å². The number of aryl methyl sites for hydroxylation is 2. The summed E-state index contributed by atoms with van der Waals surface area (Å²) in [5, 5.41) is 9.21. The zero-order valence-electron chi connectivity index (χ0n) is 21.8. The first-order valence-corrected chi connectivity index (χ1v) is 12.2. The van der Waals surface area contributed by atoms with Gasteiger partial charge in [0, 0.05) is 45.1 Å². The molecule has 0 fully saturated rings.